The van der Waals surface area contributed by atoms with Gasteiger partial charge in [-0.1, -0.05) is 79.4 Å². The molecule has 0 aliphatic heterocycles. The van der Waals surface area contributed by atoms with Crippen molar-refractivity contribution in [3.05, 3.63) is 96.1 Å². The van der Waals surface area contributed by atoms with Crippen LogP contribution in [-0.4, -0.2) is 11.2 Å². The van der Waals surface area contributed by atoms with Crippen molar-refractivity contribution in [1.82, 2.24) is 0 Å². The van der Waals surface area contributed by atoms with Crippen molar-refractivity contribution in [2.45, 2.75) is 24.4 Å². The van der Waals surface area contributed by atoms with Crippen LogP contribution in [0.4, 0.5) is 0 Å². The molecule has 0 heterocycles. The SMILES string of the molecule is C=CC1=CC(O)CCC1(c1ccccc1)c1ccccc1. The van der Waals surface area contributed by atoms with Crippen LogP contribution < -0.4 is 0 Å². The second-order valence-electron chi connectivity index (χ2n) is 5.57. The fraction of sp³-hybridized carbons (Fsp3) is 0.200. The highest BCUT2D eigenvalue weighted by atomic mass is 16.3. The topological polar surface area (TPSA) is 20.2 Å². The van der Waals surface area contributed by atoms with Crippen LogP contribution in [0.3, 0.4) is 0 Å². The number of aliphatic hydroxyl groups excluding tert-OH is 1. The molecule has 1 aliphatic rings. The standard InChI is InChI=1S/C20H20O/c1-2-16-15-19(21)13-14-20(16,17-9-5-3-6-10-17)18-11-7-4-8-12-18/h2-12,15,19,21H,1,13-14H2. The van der Waals surface area contributed by atoms with E-state index in [0.29, 0.717) is 0 Å². The summed E-state index contributed by atoms with van der Waals surface area (Å²) in [5, 5.41) is 10.0. The van der Waals surface area contributed by atoms with Gasteiger partial charge in [-0.25, -0.2) is 0 Å². The fourth-order valence-electron chi connectivity index (χ4n) is 3.42. The first-order chi connectivity index (χ1) is 10.3. The van der Waals surface area contributed by atoms with Gasteiger partial charge in [-0.05, 0) is 29.5 Å². The highest BCUT2D eigenvalue weighted by molar-refractivity contribution is 5.53. The Balaban J connectivity index is 2.26. The Labute approximate surface area is 126 Å². The van der Waals surface area contributed by atoms with Gasteiger partial charge in [0.1, 0.15) is 0 Å². The van der Waals surface area contributed by atoms with Crippen LogP contribution in [-0.2, 0) is 5.41 Å². The third-order valence-electron chi connectivity index (χ3n) is 4.43. The molecule has 0 radical (unpaired) electrons. The van der Waals surface area contributed by atoms with Crippen molar-refractivity contribution in [3.8, 4) is 0 Å². The summed E-state index contributed by atoms with van der Waals surface area (Å²) in [4.78, 5) is 0. The van der Waals surface area contributed by atoms with E-state index in [-0.39, 0.29) is 11.5 Å². The van der Waals surface area contributed by atoms with Crippen LogP contribution >= 0.6 is 0 Å². The lowest BCUT2D eigenvalue weighted by atomic mass is 9.63. The molecule has 0 saturated carbocycles. The van der Waals surface area contributed by atoms with E-state index >= 15 is 0 Å². The quantitative estimate of drug-likeness (QED) is 0.889. The van der Waals surface area contributed by atoms with Gasteiger partial charge in [-0.15, -0.1) is 0 Å². The number of rotatable bonds is 3. The predicted octanol–water partition coefficient (Wildman–Crippen LogP) is 4.24. The summed E-state index contributed by atoms with van der Waals surface area (Å²) in [6, 6.07) is 21.1. The molecule has 0 aromatic heterocycles. The summed E-state index contributed by atoms with van der Waals surface area (Å²) in [6.07, 6.45) is 5.12. The summed E-state index contributed by atoms with van der Waals surface area (Å²) in [5.41, 5.74) is 3.41. The van der Waals surface area contributed by atoms with Gasteiger partial charge < -0.3 is 5.11 Å². The first-order valence-corrected chi connectivity index (χ1v) is 7.41. The molecule has 2 aromatic rings. The Kier molecular flexibility index (Phi) is 3.76. The normalized spacial score (nSPS) is 20.6. The minimum atomic E-state index is -0.376. The van der Waals surface area contributed by atoms with Crippen LogP contribution in [0.2, 0.25) is 0 Å². The van der Waals surface area contributed by atoms with Crippen LogP contribution in [0, 0.1) is 0 Å². The van der Waals surface area contributed by atoms with Crippen molar-refractivity contribution >= 4 is 0 Å². The largest absolute Gasteiger partial charge is 0.389 e. The second kappa shape index (κ2) is 5.71. The van der Waals surface area contributed by atoms with Gasteiger partial charge in [0.05, 0.1) is 6.10 Å². The van der Waals surface area contributed by atoms with Gasteiger partial charge in [0.2, 0.25) is 0 Å². The van der Waals surface area contributed by atoms with E-state index in [1.54, 1.807) is 0 Å². The molecule has 1 nitrogen and oxygen atoms in total. The average Bonchev–Trinajstić information content (AvgIpc) is 2.56. The van der Waals surface area contributed by atoms with E-state index in [0.717, 1.165) is 18.4 Å². The van der Waals surface area contributed by atoms with Gasteiger partial charge in [0.15, 0.2) is 0 Å². The summed E-state index contributed by atoms with van der Waals surface area (Å²) >= 11 is 0. The molecule has 21 heavy (non-hydrogen) atoms. The van der Waals surface area contributed by atoms with Crippen LogP contribution in [0.15, 0.2) is 85.0 Å². The minimum absolute atomic E-state index is 0.205. The van der Waals surface area contributed by atoms with Gasteiger partial charge in [-0.3, -0.25) is 0 Å². The Morgan fingerprint density at radius 1 is 0.952 bits per heavy atom. The van der Waals surface area contributed by atoms with Gasteiger partial charge in [0.25, 0.3) is 0 Å². The Hall–Kier alpha value is -2.12. The molecule has 1 heteroatoms. The summed E-state index contributed by atoms with van der Waals surface area (Å²) in [6.45, 7) is 3.99. The van der Waals surface area contributed by atoms with Crippen molar-refractivity contribution in [3.63, 3.8) is 0 Å². The minimum Gasteiger partial charge on any atom is -0.389 e. The van der Waals surface area contributed by atoms with Crippen LogP contribution in [0.1, 0.15) is 24.0 Å². The maximum absolute atomic E-state index is 10.0. The molecule has 0 saturated heterocycles. The predicted molar refractivity (Wildman–Crippen MR) is 87.2 cm³/mol. The molecule has 0 spiro atoms. The molecule has 1 aliphatic carbocycles. The number of hydrogen-bond donors (Lipinski definition) is 1. The number of allylic oxidation sites excluding steroid dienone is 2. The fourth-order valence-corrected chi connectivity index (χ4v) is 3.42. The lowest BCUT2D eigenvalue weighted by Gasteiger charge is -2.40. The van der Waals surface area contributed by atoms with Gasteiger partial charge >= 0.3 is 0 Å². The zero-order chi connectivity index (χ0) is 14.7. The van der Waals surface area contributed by atoms with E-state index in [1.807, 2.05) is 24.3 Å². The lowest BCUT2D eigenvalue weighted by Crippen LogP contribution is -2.34. The first kappa shape index (κ1) is 13.8. The molecule has 2 aromatic carbocycles. The Morgan fingerprint density at radius 3 is 1.95 bits per heavy atom. The molecular weight excluding hydrogens is 256 g/mol. The number of aliphatic hydroxyl groups is 1. The smallest absolute Gasteiger partial charge is 0.0727 e. The van der Waals surface area contributed by atoms with Gasteiger partial charge in [-0.2, -0.15) is 0 Å². The molecule has 1 N–H and O–H groups in total. The van der Waals surface area contributed by atoms with E-state index in [9.17, 15) is 5.11 Å². The van der Waals surface area contributed by atoms with Crippen LogP contribution in [0.25, 0.3) is 0 Å². The average molecular weight is 276 g/mol. The van der Waals surface area contributed by atoms with Crippen molar-refractivity contribution < 1.29 is 5.11 Å². The molecule has 0 fully saturated rings. The van der Waals surface area contributed by atoms with E-state index < -0.39 is 0 Å². The van der Waals surface area contributed by atoms with Crippen molar-refractivity contribution in [2.24, 2.45) is 0 Å². The Morgan fingerprint density at radius 2 is 1.48 bits per heavy atom. The monoisotopic (exact) mass is 276 g/mol. The maximum atomic E-state index is 10.0. The highest BCUT2D eigenvalue weighted by Gasteiger charge is 2.39. The van der Waals surface area contributed by atoms with Crippen molar-refractivity contribution in [2.75, 3.05) is 0 Å². The highest BCUT2D eigenvalue weighted by Crippen LogP contribution is 2.46. The second-order valence-corrected chi connectivity index (χ2v) is 5.57. The molecule has 106 valence electrons. The molecule has 0 bridgehead atoms. The number of hydrogen-bond acceptors (Lipinski definition) is 1. The molecule has 3 rings (SSSR count). The molecule has 1 unspecified atom stereocenters. The van der Waals surface area contributed by atoms with Gasteiger partial charge in [0, 0.05) is 5.41 Å². The van der Waals surface area contributed by atoms with Crippen molar-refractivity contribution in [1.29, 1.82) is 0 Å². The summed E-state index contributed by atoms with van der Waals surface area (Å²) in [7, 11) is 0. The van der Waals surface area contributed by atoms with Crippen LogP contribution in [0.5, 0.6) is 0 Å². The maximum Gasteiger partial charge on any atom is 0.0727 e. The number of benzene rings is 2. The zero-order valence-electron chi connectivity index (χ0n) is 12.1. The van der Waals surface area contributed by atoms with E-state index in [2.05, 4.69) is 55.1 Å². The third-order valence-corrected chi connectivity index (χ3v) is 4.43. The van der Waals surface area contributed by atoms with E-state index in [4.69, 9.17) is 0 Å². The third kappa shape index (κ3) is 2.34. The first-order valence-electron chi connectivity index (χ1n) is 7.41. The summed E-state index contributed by atoms with van der Waals surface area (Å²) < 4.78 is 0. The molecular formula is C20H20O. The summed E-state index contributed by atoms with van der Waals surface area (Å²) in [5.74, 6) is 0. The zero-order valence-corrected chi connectivity index (χ0v) is 12.1. The molecule has 1 atom stereocenters. The van der Waals surface area contributed by atoms with E-state index in [1.165, 1.54) is 11.1 Å². The lowest BCUT2D eigenvalue weighted by molar-refractivity contribution is 0.191. The Bertz CT molecular complexity index is 601. The molecule has 0 amide bonds.